The molecule has 4 aromatic rings. The number of ether oxygens (including phenoxy) is 1. The Balaban J connectivity index is 1.33. The Bertz CT molecular complexity index is 2420. The first-order valence-corrected chi connectivity index (χ1v) is 17.8. The zero-order valence-corrected chi connectivity index (χ0v) is 29.8. The van der Waals surface area contributed by atoms with Crippen molar-refractivity contribution in [1.29, 1.82) is 0 Å². The second-order valence-corrected chi connectivity index (χ2v) is 14.6. The summed E-state index contributed by atoms with van der Waals surface area (Å²) in [6.45, 7) is 0. The monoisotopic (exact) mass is 805 g/mol. The van der Waals surface area contributed by atoms with E-state index in [4.69, 9.17) is 11.6 Å². The number of carboxylic acids is 1. The standard InChI is InChI=1S/C40H28ClF4N3O9/c41-19-3-1-18(2-4-19)39-29(35(52)48(38(39)56)46-21-7-5-20(42)6-8-21)17-27-24(33(39)28-16-23(10-14-30(28)49)57-40(43,44)45)12-13-26-32(27)36(53)47(34(26)51)22-9-11-25(37(54)55)31(50)15-22/h1-12,14-16,26-27,29,32-33,46,49-50H,13,17H2,(H,54,55)/t26-,27+,29-,32-,33+,39+/m0/s1. The number of carbonyl (C=O) groups excluding carboxylic acids is 4. The lowest BCUT2D eigenvalue weighted by molar-refractivity contribution is -0.274. The number of carboxylic acid groups (broad SMARTS) is 1. The first-order valence-electron chi connectivity index (χ1n) is 17.4. The van der Waals surface area contributed by atoms with E-state index in [9.17, 15) is 52.1 Å². The predicted molar refractivity (Wildman–Crippen MR) is 191 cm³/mol. The van der Waals surface area contributed by atoms with Gasteiger partial charge in [-0.25, -0.2) is 14.1 Å². The van der Waals surface area contributed by atoms with Crippen molar-refractivity contribution in [3.05, 3.63) is 124 Å². The quantitative estimate of drug-likeness (QED) is 0.0897. The van der Waals surface area contributed by atoms with E-state index in [1.807, 2.05) is 0 Å². The number of allylic oxidation sites excluding steroid dienone is 2. The number of hydrogen-bond acceptors (Lipinski definition) is 9. The van der Waals surface area contributed by atoms with Crippen molar-refractivity contribution < 1.29 is 61.6 Å². The molecule has 12 nitrogen and oxygen atoms in total. The molecule has 57 heavy (non-hydrogen) atoms. The summed E-state index contributed by atoms with van der Waals surface area (Å²) < 4.78 is 58.9. The van der Waals surface area contributed by atoms with Crippen LogP contribution in [-0.2, 0) is 24.6 Å². The molecule has 0 spiro atoms. The van der Waals surface area contributed by atoms with Crippen molar-refractivity contribution in [2.45, 2.75) is 30.5 Å². The van der Waals surface area contributed by atoms with Crippen molar-refractivity contribution in [1.82, 2.24) is 5.01 Å². The lowest BCUT2D eigenvalue weighted by Crippen LogP contribution is -2.53. The number of aromatic carboxylic acids is 1. The first kappa shape index (κ1) is 37.5. The van der Waals surface area contributed by atoms with Gasteiger partial charge in [0.05, 0.1) is 34.5 Å². The summed E-state index contributed by atoms with van der Waals surface area (Å²) in [7, 11) is 0. The molecule has 0 aromatic heterocycles. The van der Waals surface area contributed by atoms with E-state index < -0.39 is 99.6 Å². The molecule has 2 heterocycles. The number of nitrogens with one attached hydrogen (secondary N) is 1. The van der Waals surface area contributed by atoms with Crippen molar-refractivity contribution in [3.63, 3.8) is 0 Å². The Kier molecular flexibility index (Phi) is 8.79. The Morgan fingerprint density at radius 2 is 1.56 bits per heavy atom. The summed E-state index contributed by atoms with van der Waals surface area (Å²) in [5.41, 5.74) is 0.458. The van der Waals surface area contributed by atoms with Gasteiger partial charge in [-0.15, -0.1) is 13.2 Å². The number of rotatable bonds is 7. The fraction of sp³-hybridized carbons (Fsp3) is 0.225. The average Bonchev–Trinajstić information content (AvgIpc) is 3.53. The van der Waals surface area contributed by atoms with E-state index in [1.165, 1.54) is 42.5 Å². The maximum absolute atomic E-state index is 15.2. The van der Waals surface area contributed by atoms with Crippen LogP contribution in [0.1, 0.15) is 40.2 Å². The zero-order chi connectivity index (χ0) is 40.7. The molecule has 2 aliphatic heterocycles. The average molecular weight is 806 g/mol. The van der Waals surface area contributed by atoms with Gasteiger partial charge < -0.3 is 20.1 Å². The van der Waals surface area contributed by atoms with E-state index >= 15 is 4.79 Å². The van der Waals surface area contributed by atoms with E-state index in [-0.39, 0.29) is 45.9 Å². The van der Waals surface area contributed by atoms with E-state index in [0.717, 1.165) is 52.4 Å². The van der Waals surface area contributed by atoms with Gasteiger partial charge in [-0.2, -0.15) is 5.01 Å². The van der Waals surface area contributed by atoms with Crippen molar-refractivity contribution >= 4 is 52.6 Å². The van der Waals surface area contributed by atoms with Crippen LogP contribution >= 0.6 is 11.6 Å². The Morgan fingerprint density at radius 3 is 2.21 bits per heavy atom. The van der Waals surface area contributed by atoms with Gasteiger partial charge in [0.1, 0.15) is 28.6 Å². The minimum absolute atomic E-state index is 0.117. The number of phenols is 2. The van der Waals surface area contributed by atoms with Crippen LogP contribution < -0.4 is 15.1 Å². The van der Waals surface area contributed by atoms with Gasteiger partial charge in [-0.3, -0.25) is 24.6 Å². The van der Waals surface area contributed by atoms with Gasteiger partial charge >= 0.3 is 12.3 Å². The number of fused-ring (bicyclic) bond motifs is 4. The lowest BCUT2D eigenvalue weighted by Gasteiger charge is -2.50. The number of imide groups is 2. The van der Waals surface area contributed by atoms with Crippen LogP contribution in [-0.4, -0.2) is 56.3 Å². The van der Waals surface area contributed by atoms with Gasteiger partial charge in [0.2, 0.25) is 11.8 Å². The molecule has 4 N–H and O–H groups in total. The molecule has 0 bridgehead atoms. The molecule has 2 saturated heterocycles. The number of carbonyl (C=O) groups is 5. The molecule has 292 valence electrons. The molecule has 8 rings (SSSR count). The fourth-order valence-electron chi connectivity index (χ4n) is 9.06. The molecule has 0 unspecified atom stereocenters. The Morgan fingerprint density at radius 1 is 0.860 bits per heavy atom. The van der Waals surface area contributed by atoms with Crippen LogP contribution in [0.3, 0.4) is 0 Å². The van der Waals surface area contributed by atoms with Crippen LogP contribution in [0.15, 0.2) is 96.6 Å². The van der Waals surface area contributed by atoms with Crippen LogP contribution in [0.5, 0.6) is 17.2 Å². The van der Waals surface area contributed by atoms with Crippen molar-refractivity contribution in [2.75, 3.05) is 10.3 Å². The number of hydrazine groups is 1. The summed E-state index contributed by atoms with van der Waals surface area (Å²) in [5.74, 6) is -13.4. The number of amides is 4. The second-order valence-electron chi connectivity index (χ2n) is 14.2. The first-order chi connectivity index (χ1) is 27.0. The molecule has 0 radical (unpaired) electrons. The van der Waals surface area contributed by atoms with E-state index in [0.29, 0.717) is 0 Å². The summed E-state index contributed by atoms with van der Waals surface area (Å²) in [6, 6.07) is 16.5. The molecule has 1 saturated carbocycles. The van der Waals surface area contributed by atoms with Gasteiger partial charge in [0, 0.05) is 22.6 Å². The smallest absolute Gasteiger partial charge is 0.508 e. The maximum Gasteiger partial charge on any atom is 0.573 e. The number of hydrogen-bond donors (Lipinski definition) is 4. The highest BCUT2D eigenvalue weighted by Crippen LogP contribution is 2.65. The molecular formula is C40H28ClF4N3O9. The Hall–Kier alpha value is -6.42. The third-order valence-electron chi connectivity index (χ3n) is 11.3. The highest BCUT2D eigenvalue weighted by Gasteiger charge is 2.70. The SMILES string of the molecule is O=C(O)c1ccc(N2C(=O)[C@H]3[C@H](CC=C4[C@H]3C[C@H]3C(=O)N(Nc5ccc(F)cc5)C(=O)[C@@]3(c3ccc(Cl)cc3)[C@H]4c3cc(OC(F)(F)F)ccc3O)C2=O)cc1O. The molecule has 4 aromatic carbocycles. The second kappa shape index (κ2) is 13.4. The summed E-state index contributed by atoms with van der Waals surface area (Å²) in [6.07, 6.45) is -3.93. The molecule has 6 atom stereocenters. The number of halogens is 5. The highest BCUT2D eigenvalue weighted by molar-refractivity contribution is 6.30. The molecule has 3 fully saturated rings. The molecule has 4 aliphatic rings. The van der Waals surface area contributed by atoms with E-state index in [2.05, 4.69) is 10.2 Å². The predicted octanol–water partition coefficient (Wildman–Crippen LogP) is 6.68. The van der Waals surface area contributed by atoms with Crippen molar-refractivity contribution in [2.24, 2.45) is 23.7 Å². The number of anilines is 2. The van der Waals surface area contributed by atoms with Gasteiger partial charge in [0.25, 0.3) is 11.8 Å². The van der Waals surface area contributed by atoms with E-state index in [1.54, 1.807) is 6.08 Å². The number of alkyl halides is 3. The summed E-state index contributed by atoms with van der Waals surface area (Å²) >= 11 is 6.27. The third-order valence-corrected chi connectivity index (χ3v) is 11.5. The third kappa shape index (κ3) is 5.93. The topological polar surface area (TPSA) is 174 Å². The number of nitrogens with zero attached hydrogens (tertiary/aromatic N) is 2. The fourth-order valence-corrected chi connectivity index (χ4v) is 9.18. The maximum atomic E-state index is 15.2. The summed E-state index contributed by atoms with van der Waals surface area (Å²) in [5, 5.41) is 32.3. The normalized spacial score (nSPS) is 25.5. The molecule has 4 amide bonds. The van der Waals surface area contributed by atoms with Gasteiger partial charge in [0.15, 0.2) is 0 Å². The largest absolute Gasteiger partial charge is 0.573 e. The van der Waals surface area contributed by atoms with Gasteiger partial charge in [-0.1, -0.05) is 35.4 Å². The minimum Gasteiger partial charge on any atom is -0.508 e. The van der Waals surface area contributed by atoms with Crippen LogP contribution in [0, 0.1) is 29.5 Å². The number of aromatic hydroxyl groups is 2. The molecule has 17 heteroatoms. The molecule has 2 aliphatic carbocycles. The number of benzene rings is 4. The highest BCUT2D eigenvalue weighted by atomic mass is 35.5. The molecular weight excluding hydrogens is 778 g/mol. The summed E-state index contributed by atoms with van der Waals surface area (Å²) in [4.78, 5) is 70.8. The van der Waals surface area contributed by atoms with Gasteiger partial charge in [-0.05, 0) is 91.1 Å². The Labute approximate surface area is 324 Å². The van der Waals surface area contributed by atoms with Crippen LogP contribution in [0.2, 0.25) is 5.02 Å². The minimum atomic E-state index is -5.16. The van der Waals surface area contributed by atoms with Crippen LogP contribution in [0.25, 0.3) is 0 Å². The van der Waals surface area contributed by atoms with Crippen molar-refractivity contribution in [3.8, 4) is 17.2 Å². The van der Waals surface area contributed by atoms with Crippen LogP contribution in [0.4, 0.5) is 28.9 Å². The lowest BCUT2D eigenvalue weighted by atomic mass is 9.49. The zero-order valence-electron chi connectivity index (χ0n) is 29.0. The number of phenolic OH excluding ortho intramolecular Hbond substituents is 1.